The second-order valence-electron chi connectivity index (χ2n) is 6.60. The van der Waals surface area contributed by atoms with Crippen molar-refractivity contribution in [1.82, 2.24) is 4.90 Å². The van der Waals surface area contributed by atoms with Crippen LogP contribution in [-0.4, -0.2) is 44.1 Å². The maximum absolute atomic E-state index is 13.1. The van der Waals surface area contributed by atoms with Crippen molar-refractivity contribution >= 4 is 34.2 Å². The summed E-state index contributed by atoms with van der Waals surface area (Å²) in [6, 6.07) is 15.5. The van der Waals surface area contributed by atoms with Crippen molar-refractivity contribution in [3.05, 3.63) is 64.9 Å². The topological polar surface area (TPSA) is 45.9 Å². The number of ether oxygens (including phenoxy) is 1. The van der Waals surface area contributed by atoms with Gasteiger partial charge in [-0.1, -0.05) is 35.9 Å². The van der Waals surface area contributed by atoms with Gasteiger partial charge in [0.1, 0.15) is 5.58 Å². The Morgan fingerprint density at radius 1 is 1.11 bits per heavy atom. The van der Waals surface area contributed by atoms with Crippen LogP contribution in [0.3, 0.4) is 0 Å². The van der Waals surface area contributed by atoms with Gasteiger partial charge in [0.05, 0.1) is 6.61 Å². The molecule has 0 bridgehead atoms. The molecular formula is C21H21ClN2O3. The zero-order valence-corrected chi connectivity index (χ0v) is 15.9. The van der Waals surface area contributed by atoms with Gasteiger partial charge in [-0.25, -0.2) is 0 Å². The third kappa shape index (κ3) is 3.53. The van der Waals surface area contributed by atoms with Gasteiger partial charge in [0, 0.05) is 54.9 Å². The first-order valence-electron chi connectivity index (χ1n) is 8.96. The molecule has 3 aromatic rings. The van der Waals surface area contributed by atoms with Gasteiger partial charge in [0.15, 0.2) is 5.76 Å². The molecule has 2 heterocycles. The molecule has 0 atom stereocenters. The largest absolute Gasteiger partial charge is 0.451 e. The Morgan fingerprint density at radius 2 is 1.89 bits per heavy atom. The van der Waals surface area contributed by atoms with E-state index in [9.17, 15) is 4.79 Å². The summed E-state index contributed by atoms with van der Waals surface area (Å²) >= 11 is 6.09. The van der Waals surface area contributed by atoms with Crippen molar-refractivity contribution in [1.29, 1.82) is 0 Å². The van der Waals surface area contributed by atoms with Gasteiger partial charge in [0.2, 0.25) is 0 Å². The third-order valence-electron chi connectivity index (χ3n) is 4.92. The minimum absolute atomic E-state index is 0.0796. The van der Waals surface area contributed by atoms with Gasteiger partial charge in [-0.2, -0.15) is 0 Å². The fourth-order valence-corrected chi connectivity index (χ4v) is 3.73. The molecule has 6 heteroatoms. The molecule has 2 aromatic carbocycles. The monoisotopic (exact) mass is 384 g/mol. The van der Waals surface area contributed by atoms with Gasteiger partial charge in [-0.05, 0) is 24.3 Å². The molecule has 1 saturated heterocycles. The van der Waals surface area contributed by atoms with E-state index >= 15 is 0 Å². The van der Waals surface area contributed by atoms with Gasteiger partial charge in [0.25, 0.3) is 5.91 Å². The van der Waals surface area contributed by atoms with Gasteiger partial charge in [-0.3, -0.25) is 4.79 Å². The van der Waals surface area contributed by atoms with Crippen molar-refractivity contribution in [2.24, 2.45) is 0 Å². The number of nitrogens with zero attached hydrogens (tertiary/aromatic N) is 2. The minimum Gasteiger partial charge on any atom is -0.451 e. The summed E-state index contributed by atoms with van der Waals surface area (Å²) < 4.78 is 11.2. The quantitative estimate of drug-likeness (QED) is 0.676. The number of rotatable bonds is 4. The molecule has 0 N–H and O–H groups in total. The van der Waals surface area contributed by atoms with E-state index in [1.807, 2.05) is 53.4 Å². The second-order valence-corrected chi connectivity index (χ2v) is 7.03. The summed E-state index contributed by atoms with van der Waals surface area (Å²) in [5, 5.41) is 1.65. The first-order chi connectivity index (χ1) is 13.2. The Labute approximate surface area is 163 Å². The van der Waals surface area contributed by atoms with E-state index in [0.29, 0.717) is 31.0 Å². The number of fused-ring (bicyclic) bond motifs is 1. The molecule has 0 spiro atoms. The molecule has 0 unspecified atom stereocenters. The smallest absolute Gasteiger partial charge is 0.290 e. The molecule has 5 nitrogen and oxygen atoms in total. The number of para-hydroxylation sites is 1. The summed E-state index contributed by atoms with van der Waals surface area (Å²) in [6.07, 6.45) is 0. The SMILES string of the molecule is COCc1c(C(=O)N2CCN(c3cccc(Cl)c3)CC2)oc2ccccc12. The Kier molecular flexibility index (Phi) is 5.05. The highest BCUT2D eigenvalue weighted by Crippen LogP contribution is 2.28. The van der Waals surface area contributed by atoms with Crippen molar-refractivity contribution in [2.75, 3.05) is 38.2 Å². The average molecular weight is 385 g/mol. The summed E-state index contributed by atoms with van der Waals surface area (Å²) in [4.78, 5) is 17.2. The maximum Gasteiger partial charge on any atom is 0.290 e. The number of furan rings is 1. The van der Waals surface area contributed by atoms with Crippen LogP contribution in [0, 0.1) is 0 Å². The molecule has 1 aromatic heterocycles. The first kappa shape index (κ1) is 17.9. The van der Waals surface area contributed by atoms with Crippen molar-refractivity contribution in [3.63, 3.8) is 0 Å². The second kappa shape index (κ2) is 7.62. The van der Waals surface area contributed by atoms with Crippen LogP contribution in [-0.2, 0) is 11.3 Å². The van der Waals surface area contributed by atoms with E-state index in [2.05, 4.69) is 4.90 Å². The number of halogens is 1. The Hall–Kier alpha value is -2.50. The number of anilines is 1. The number of benzene rings is 2. The Morgan fingerprint density at radius 3 is 2.63 bits per heavy atom. The number of hydrogen-bond acceptors (Lipinski definition) is 4. The molecule has 1 aliphatic heterocycles. The maximum atomic E-state index is 13.1. The highest BCUT2D eigenvalue weighted by atomic mass is 35.5. The Bertz CT molecular complexity index is 961. The lowest BCUT2D eigenvalue weighted by Crippen LogP contribution is -2.48. The number of piperazine rings is 1. The lowest BCUT2D eigenvalue weighted by atomic mass is 10.1. The van der Waals surface area contributed by atoms with Crippen molar-refractivity contribution < 1.29 is 13.9 Å². The fraction of sp³-hybridized carbons (Fsp3) is 0.286. The zero-order chi connectivity index (χ0) is 18.8. The molecule has 0 saturated carbocycles. The summed E-state index contributed by atoms with van der Waals surface area (Å²) in [7, 11) is 1.62. The molecule has 1 fully saturated rings. The molecule has 1 amide bonds. The summed E-state index contributed by atoms with van der Waals surface area (Å²) in [6.45, 7) is 3.13. The van der Waals surface area contributed by atoms with Gasteiger partial charge < -0.3 is 19.0 Å². The van der Waals surface area contributed by atoms with E-state index < -0.39 is 0 Å². The van der Waals surface area contributed by atoms with Crippen LogP contribution >= 0.6 is 11.6 Å². The highest BCUT2D eigenvalue weighted by Gasteiger charge is 2.28. The standard InChI is InChI=1S/C21H21ClN2O3/c1-26-14-18-17-7-2-3-8-19(17)27-20(18)21(25)24-11-9-23(10-12-24)16-6-4-5-15(22)13-16/h2-8,13H,9-12,14H2,1H3. The Balaban J connectivity index is 1.53. The first-order valence-corrected chi connectivity index (χ1v) is 9.34. The zero-order valence-electron chi connectivity index (χ0n) is 15.2. The normalized spacial score (nSPS) is 14.7. The predicted molar refractivity (Wildman–Crippen MR) is 106 cm³/mol. The van der Waals surface area contributed by atoms with E-state index in [4.69, 9.17) is 20.8 Å². The summed E-state index contributed by atoms with van der Waals surface area (Å²) in [5.41, 5.74) is 2.61. The van der Waals surface area contributed by atoms with E-state index in [1.165, 1.54) is 0 Å². The van der Waals surface area contributed by atoms with Crippen LogP contribution < -0.4 is 4.90 Å². The van der Waals surface area contributed by atoms with E-state index in [1.54, 1.807) is 7.11 Å². The number of hydrogen-bond donors (Lipinski definition) is 0. The number of methoxy groups -OCH3 is 1. The van der Waals surface area contributed by atoms with Crippen molar-refractivity contribution in [3.8, 4) is 0 Å². The van der Waals surface area contributed by atoms with Crippen LogP contribution in [0.4, 0.5) is 5.69 Å². The molecule has 0 radical (unpaired) electrons. The predicted octanol–water partition coefficient (Wildman–Crippen LogP) is 4.20. The number of amides is 1. The lowest BCUT2D eigenvalue weighted by molar-refractivity contribution is 0.0710. The third-order valence-corrected chi connectivity index (χ3v) is 5.16. The van der Waals surface area contributed by atoms with Crippen LogP contribution in [0.15, 0.2) is 52.9 Å². The number of carbonyl (C=O) groups excluding carboxylic acids is 1. The minimum atomic E-state index is -0.0796. The molecule has 140 valence electrons. The van der Waals surface area contributed by atoms with Gasteiger partial charge in [-0.15, -0.1) is 0 Å². The van der Waals surface area contributed by atoms with Crippen molar-refractivity contribution in [2.45, 2.75) is 6.61 Å². The highest BCUT2D eigenvalue weighted by molar-refractivity contribution is 6.30. The lowest BCUT2D eigenvalue weighted by Gasteiger charge is -2.35. The molecular weight excluding hydrogens is 364 g/mol. The van der Waals surface area contributed by atoms with Crippen LogP contribution in [0.5, 0.6) is 0 Å². The van der Waals surface area contributed by atoms with E-state index in [0.717, 1.165) is 34.7 Å². The molecule has 4 rings (SSSR count). The molecule has 27 heavy (non-hydrogen) atoms. The van der Waals surface area contributed by atoms with Crippen LogP contribution in [0.2, 0.25) is 5.02 Å². The van der Waals surface area contributed by atoms with E-state index in [-0.39, 0.29) is 5.91 Å². The molecule has 1 aliphatic rings. The summed E-state index contributed by atoms with van der Waals surface area (Å²) in [5.74, 6) is 0.304. The fourth-order valence-electron chi connectivity index (χ4n) is 3.54. The van der Waals surface area contributed by atoms with Crippen LogP contribution in [0.1, 0.15) is 16.1 Å². The average Bonchev–Trinajstić information content (AvgIpc) is 3.07. The molecule has 0 aliphatic carbocycles. The van der Waals surface area contributed by atoms with Gasteiger partial charge >= 0.3 is 0 Å². The number of carbonyl (C=O) groups is 1. The van der Waals surface area contributed by atoms with Crippen LogP contribution in [0.25, 0.3) is 11.0 Å².